The van der Waals surface area contributed by atoms with Gasteiger partial charge in [-0.25, -0.2) is 4.57 Å². The summed E-state index contributed by atoms with van der Waals surface area (Å²) in [7, 11) is 1.65. The van der Waals surface area contributed by atoms with Gasteiger partial charge in [-0.3, -0.25) is 0 Å². The van der Waals surface area contributed by atoms with Crippen LogP contribution in [0.5, 0.6) is 0 Å². The van der Waals surface area contributed by atoms with E-state index in [-0.39, 0.29) is 5.41 Å². The van der Waals surface area contributed by atoms with E-state index in [0.717, 1.165) is 34.3 Å². The van der Waals surface area contributed by atoms with Crippen LogP contribution in [0.25, 0.3) is 44.1 Å². The fraction of sp³-hybridized carbons (Fsp3) is 0.368. The Morgan fingerprint density at radius 2 is 1.55 bits per heavy atom. The highest BCUT2D eigenvalue weighted by atomic mass is 16.6. The van der Waals surface area contributed by atoms with Crippen LogP contribution < -0.4 is 4.57 Å². The maximum Gasteiger partial charge on any atom is 0.288 e. The Morgan fingerprint density at radius 1 is 0.881 bits per heavy atom. The maximum absolute atomic E-state index is 12.9. The summed E-state index contributed by atoms with van der Waals surface area (Å²) in [6.45, 7) is 13.5. The lowest BCUT2D eigenvalue weighted by atomic mass is 9.69. The van der Waals surface area contributed by atoms with E-state index in [1.54, 1.807) is 7.11 Å². The summed E-state index contributed by atoms with van der Waals surface area (Å²) in [5, 5.41) is 17.6. The van der Waals surface area contributed by atoms with Crippen molar-refractivity contribution in [1.29, 1.82) is 0 Å². The Hall–Kier alpha value is -3.60. The van der Waals surface area contributed by atoms with E-state index in [0.29, 0.717) is 18.8 Å². The lowest BCUT2D eigenvalue weighted by molar-refractivity contribution is -0.792. The average Bonchev–Trinajstić information content (AvgIpc) is 3.23. The molecule has 1 N–H and O–H groups in total. The quantitative estimate of drug-likeness (QED) is 0.175. The van der Waals surface area contributed by atoms with Crippen LogP contribution in [0.2, 0.25) is 0 Å². The summed E-state index contributed by atoms with van der Waals surface area (Å²) >= 11 is 0. The van der Waals surface area contributed by atoms with Crippen LogP contribution in [0.1, 0.15) is 76.6 Å². The second-order valence-corrected chi connectivity index (χ2v) is 13.2. The summed E-state index contributed by atoms with van der Waals surface area (Å²) in [6.07, 6.45) is 4.30. The highest BCUT2D eigenvalue weighted by Crippen LogP contribution is 2.57. The first-order valence-corrected chi connectivity index (χ1v) is 15.5. The Bertz CT molecular complexity index is 1900. The number of hydrogen-bond donors (Lipinski definition) is 1. The number of methoxy groups -OCH3 is 1. The molecule has 2 aliphatic rings. The molecule has 0 spiro atoms. The van der Waals surface area contributed by atoms with E-state index < -0.39 is 11.3 Å². The molecule has 4 heteroatoms. The van der Waals surface area contributed by atoms with Crippen LogP contribution in [0.15, 0.2) is 73.1 Å². The lowest BCUT2D eigenvalue weighted by Gasteiger charge is -2.48. The first-order valence-electron chi connectivity index (χ1n) is 15.5. The number of hydrogen-bond acceptors (Lipinski definition) is 3. The fourth-order valence-electron chi connectivity index (χ4n) is 8.39. The Balaban J connectivity index is 1.70. The van der Waals surface area contributed by atoms with Crippen LogP contribution in [0.4, 0.5) is 0 Å². The van der Waals surface area contributed by atoms with Crippen molar-refractivity contribution < 1.29 is 14.4 Å². The molecule has 0 saturated heterocycles. The highest BCUT2D eigenvalue weighted by Gasteiger charge is 2.62. The molecule has 7 rings (SSSR count). The summed E-state index contributed by atoms with van der Waals surface area (Å²) in [5.74, 6) is -1.05. The number of aliphatic hydroxyl groups is 1. The Kier molecular flexibility index (Phi) is 5.97. The third kappa shape index (κ3) is 3.25. The molecule has 4 nitrogen and oxygen atoms in total. The maximum atomic E-state index is 12.9. The van der Waals surface area contributed by atoms with Gasteiger partial charge in [-0.15, -0.1) is 0 Å². The molecule has 42 heavy (non-hydrogen) atoms. The molecule has 1 aliphatic carbocycles. The van der Waals surface area contributed by atoms with Crippen LogP contribution in [0.3, 0.4) is 0 Å². The van der Waals surface area contributed by atoms with Crippen molar-refractivity contribution in [2.45, 2.75) is 77.5 Å². The fourth-order valence-corrected chi connectivity index (χ4v) is 8.39. The van der Waals surface area contributed by atoms with Crippen molar-refractivity contribution >= 4 is 21.5 Å². The lowest BCUT2D eigenvalue weighted by Crippen LogP contribution is -2.71. The second-order valence-electron chi connectivity index (χ2n) is 13.2. The minimum Gasteiger partial charge on any atom is -0.358 e. The number of benzene rings is 4. The number of rotatable bonds is 5. The molecular weight excluding hydrogens is 516 g/mol. The number of aromatic nitrogens is 2. The zero-order valence-electron chi connectivity index (χ0n) is 25.9. The zero-order valence-corrected chi connectivity index (χ0v) is 25.9. The summed E-state index contributed by atoms with van der Waals surface area (Å²) < 4.78 is 8.57. The van der Waals surface area contributed by atoms with Crippen molar-refractivity contribution in [3.8, 4) is 22.5 Å². The molecule has 1 aliphatic heterocycles. The van der Waals surface area contributed by atoms with Gasteiger partial charge in [0, 0.05) is 29.2 Å². The molecule has 0 bridgehead atoms. The highest BCUT2D eigenvalue weighted by molar-refractivity contribution is 6.03. The number of ether oxygens (including phenoxy) is 1. The van der Waals surface area contributed by atoms with Gasteiger partial charge >= 0.3 is 0 Å². The summed E-state index contributed by atoms with van der Waals surface area (Å²) in [6, 6.07) is 24.1. The SMILES string of the molecule is CCC1(CC)[n+]2cnc3c(c2-c2cc(CC(C)C)c4ccccc4c2C1(O)OC)C(C)(C)c1ccc2ccccc2c1-3. The third-order valence-electron chi connectivity index (χ3n) is 10.4. The van der Waals surface area contributed by atoms with Gasteiger partial charge in [0.05, 0.1) is 5.56 Å². The standard InChI is InChI=1S/C38H41N2O2/c1-8-37(9-2)38(41,42-7)32-28-17-13-12-15-26(28)25(20-23(3)4)21-29(32)35-33-34(39-22-40(35)37)31-27-16-11-10-14-24(27)18-19-30(31)36(33,5)6/h10-19,21-23,41H,8-9,20H2,1-7H3/q+1. The molecule has 1 atom stereocenters. The van der Waals surface area contributed by atoms with Crippen molar-refractivity contribution in [3.05, 3.63) is 95.3 Å². The van der Waals surface area contributed by atoms with Gasteiger partial charge in [-0.05, 0) is 68.9 Å². The number of fused-ring (bicyclic) bond motifs is 11. The van der Waals surface area contributed by atoms with Gasteiger partial charge in [-0.2, -0.15) is 0 Å². The predicted molar refractivity (Wildman–Crippen MR) is 170 cm³/mol. The molecule has 1 aromatic heterocycles. The second kappa shape index (κ2) is 9.20. The first-order chi connectivity index (χ1) is 20.1. The van der Waals surface area contributed by atoms with E-state index in [4.69, 9.17) is 9.72 Å². The van der Waals surface area contributed by atoms with Gasteiger partial charge in [0.2, 0.25) is 5.79 Å². The molecule has 0 fully saturated rings. The normalized spacial score (nSPS) is 19.5. The summed E-state index contributed by atoms with van der Waals surface area (Å²) in [4.78, 5) is 5.25. The van der Waals surface area contributed by atoms with Crippen molar-refractivity contribution in [3.63, 3.8) is 0 Å². The van der Waals surface area contributed by atoms with Gasteiger partial charge in [0.25, 0.3) is 6.33 Å². The van der Waals surface area contributed by atoms with E-state index in [1.807, 2.05) is 6.33 Å². The molecule has 0 radical (unpaired) electrons. The molecule has 4 aromatic carbocycles. The molecule has 0 amide bonds. The first kappa shape index (κ1) is 27.2. The topological polar surface area (TPSA) is 46.2 Å². The molecule has 0 saturated carbocycles. The Morgan fingerprint density at radius 3 is 2.21 bits per heavy atom. The molecular formula is C38H41N2O2+. The van der Waals surface area contributed by atoms with Crippen LogP contribution in [-0.2, 0) is 27.9 Å². The zero-order chi connectivity index (χ0) is 29.6. The van der Waals surface area contributed by atoms with Crippen molar-refractivity contribution in [2.24, 2.45) is 5.92 Å². The number of nitrogens with zero attached hydrogens (tertiary/aromatic N) is 2. The van der Waals surface area contributed by atoms with E-state index in [1.165, 1.54) is 38.4 Å². The largest absolute Gasteiger partial charge is 0.358 e. The summed E-state index contributed by atoms with van der Waals surface area (Å²) in [5.41, 5.74) is 8.14. The van der Waals surface area contributed by atoms with Gasteiger partial charge in [0.15, 0.2) is 11.2 Å². The van der Waals surface area contributed by atoms with Crippen molar-refractivity contribution in [2.75, 3.05) is 7.11 Å². The molecule has 5 aromatic rings. The van der Waals surface area contributed by atoms with E-state index >= 15 is 0 Å². The third-order valence-corrected chi connectivity index (χ3v) is 10.4. The average molecular weight is 558 g/mol. The monoisotopic (exact) mass is 557 g/mol. The van der Waals surface area contributed by atoms with Gasteiger partial charge < -0.3 is 9.84 Å². The molecule has 214 valence electrons. The minimum atomic E-state index is -1.54. The van der Waals surface area contributed by atoms with Gasteiger partial charge in [-0.1, -0.05) is 102 Å². The van der Waals surface area contributed by atoms with E-state index in [9.17, 15) is 5.11 Å². The van der Waals surface area contributed by atoms with Crippen LogP contribution in [-0.4, -0.2) is 17.2 Å². The smallest absolute Gasteiger partial charge is 0.288 e. The minimum absolute atomic E-state index is 0.295. The van der Waals surface area contributed by atoms with Crippen LogP contribution in [0, 0.1) is 5.92 Å². The predicted octanol–water partition coefficient (Wildman–Crippen LogP) is 8.17. The molecule has 1 unspecified atom stereocenters. The Labute approximate surface area is 249 Å². The van der Waals surface area contributed by atoms with Gasteiger partial charge in [0.1, 0.15) is 5.69 Å². The van der Waals surface area contributed by atoms with Crippen molar-refractivity contribution in [1.82, 2.24) is 4.98 Å². The van der Waals surface area contributed by atoms with Crippen LogP contribution >= 0.6 is 0 Å². The van der Waals surface area contributed by atoms with E-state index in [2.05, 4.69) is 113 Å². The molecule has 2 heterocycles.